The van der Waals surface area contributed by atoms with Crippen LogP contribution in [0, 0.1) is 0 Å². The molecule has 2 heterocycles. The number of carbonyl (C=O) groups excluding carboxylic acids is 2. The van der Waals surface area contributed by atoms with Crippen LogP contribution in [0.2, 0.25) is 0 Å². The normalized spacial score (nSPS) is 13.3. The van der Waals surface area contributed by atoms with Crippen LogP contribution in [0.25, 0.3) is 33.3 Å². The van der Waals surface area contributed by atoms with E-state index in [0.29, 0.717) is 38.1 Å². The summed E-state index contributed by atoms with van der Waals surface area (Å²) in [7, 11) is 0. The van der Waals surface area contributed by atoms with E-state index in [1.54, 1.807) is 11.8 Å². The number of carbonyl (C=O) groups is 2. The minimum atomic E-state index is -0.307. The highest BCUT2D eigenvalue weighted by Crippen LogP contribution is 2.27. The van der Waals surface area contributed by atoms with Crippen LogP contribution in [0.4, 0.5) is 4.79 Å². The van der Waals surface area contributed by atoms with Gasteiger partial charge in [-0.15, -0.1) is 0 Å². The predicted molar refractivity (Wildman–Crippen MR) is 145 cm³/mol. The highest BCUT2D eigenvalue weighted by molar-refractivity contribution is 6.07. The van der Waals surface area contributed by atoms with Gasteiger partial charge in [0.25, 0.3) is 5.91 Å². The molecule has 0 saturated carbocycles. The number of amides is 2. The molecule has 1 aromatic heterocycles. The number of hydrazone groups is 1. The Hall–Kier alpha value is -4.52. The maximum absolute atomic E-state index is 13.3. The first kappa shape index (κ1) is 24.2. The summed E-state index contributed by atoms with van der Waals surface area (Å²) in [5.74, 6) is -0.291. The fourth-order valence-corrected chi connectivity index (χ4v) is 4.44. The number of nitrogens with zero attached hydrogens (tertiary/aromatic N) is 3. The molecule has 1 fully saturated rings. The third-order valence-electron chi connectivity index (χ3n) is 6.43. The van der Waals surface area contributed by atoms with E-state index in [9.17, 15) is 9.59 Å². The summed E-state index contributed by atoms with van der Waals surface area (Å²) in [5.41, 5.74) is 8.75. The fourth-order valence-electron chi connectivity index (χ4n) is 4.44. The molecular formula is C30H28N4O3. The van der Waals surface area contributed by atoms with Crippen molar-refractivity contribution in [3.8, 4) is 22.4 Å². The average Bonchev–Trinajstić information content (AvgIpc) is 2.96. The minimum Gasteiger partial charge on any atom is -0.450 e. The van der Waals surface area contributed by atoms with E-state index < -0.39 is 0 Å². The van der Waals surface area contributed by atoms with Crippen molar-refractivity contribution < 1.29 is 14.3 Å². The summed E-state index contributed by atoms with van der Waals surface area (Å²) in [6.45, 7) is 3.19. The van der Waals surface area contributed by atoms with Crippen molar-refractivity contribution in [2.45, 2.75) is 19.8 Å². The first-order valence-electron chi connectivity index (χ1n) is 12.5. The number of hydrogen-bond acceptors (Lipinski definition) is 5. The molecule has 186 valence electrons. The molecule has 0 spiro atoms. The van der Waals surface area contributed by atoms with Gasteiger partial charge < -0.3 is 9.64 Å². The number of fused-ring (bicyclic) bond motifs is 1. The molecule has 0 aliphatic carbocycles. The van der Waals surface area contributed by atoms with E-state index in [1.807, 2.05) is 60.7 Å². The van der Waals surface area contributed by atoms with E-state index in [1.165, 1.54) is 0 Å². The van der Waals surface area contributed by atoms with Gasteiger partial charge in [-0.25, -0.2) is 15.2 Å². The van der Waals surface area contributed by atoms with Crippen molar-refractivity contribution in [3.63, 3.8) is 0 Å². The molecule has 4 aromatic rings. The Kier molecular flexibility index (Phi) is 7.21. The summed E-state index contributed by atoms with van der Waals surface area (Å²) in [4.78, 5) is 31.6. The number of hydrogen-bond donors (Lipinski definition) is 1. The van der Waals surface area contributed by atoms with Gasteiger partial charge in [0.15, 0.2) is 0 Å². The third-order valence-corrected chi connectivity index (χ3v) is 6.43. The highest BCUT2D eigenvalue weighted by atomic mass is 16.6. The zero-order valence-electron chi connectivity index (χ0n) is 20.7. The quantitative estimate of drug-likeness (QED) is 0.351. The number of likely N-dealkylation sites (tertiary alicyclic amines) is 1. The molecule has 0 atom stereocenters. The van der Waals surface area contributed by atoms with Gasteiger partial charge in [0, 0.05) is 42.6 Å². The van der Waals surface area contributed by atoms with Crippen LogP contribution in [0.5, 0.6) is 0 Å². The number of aromatic nitrogens is 1. The van der Waals surface area contributed by atoms with Gasteiger partial charge in [-0.3, -0.25) is 4.79 Å². The molecular weight excluding hydrogens is 464 g/mol. The standard InChI is InChI=1S/C30H28N4O3/c1-2-37-30(36)34-18-16-24(17-19-34)32-33-29(35)26-20-28(31-27-11-7-6-10-25(26)27)23-14-12-22(13-15-23)21-8-4-3-5-9-21/h3-15,20H,2,16-19H2,1H3,(H,33,35). The Balaban J connectivity index is 1.36. The lowest BCUT2D eigenvalue weighted by Crippen LogP contribution is -2.39. The molecule has 5 rings (SSSR count). The molecule has 0 radical (unpaired) electrons. The maximum Gasteiger partial charge on any atom is 0.409 e. The molecule has 1 N–H and O–H groups in total. The lowest BCUT2D eigenvalue weighted by atomic mass is 10.0. The SMILES string of the molecule is CCOC(=O)N1CCC(=NNC(=O)c2cc(-c3ccc(-c4ccccc4)cc3)nc3ccccc23)CC1. The number of pyridine rings is 1. The second kappa shape index (κ2) is 11.0. The summed E-state index contributed by atoms with van der Waals surface area (Å²) in [5, 5.41) is 5.14. The van der Waals surface area contributed by atoms with Gasteiger partial charge in [0.05, 0.1) is 23.4 Å². The molecule has 3 aromatic carbocycles. The van der Waals surface area contributed by atoms with E-state index in [-0.39, 0.29) is 12.0 Å². The van der Waals surface area contributed by atoms with Crippen LogP contribution in [0.1, 0.15) is 30.1 Å². The van der Waals surface area contributed by atoms with E-state index in [0.717, 1.165) is 39.0 Å². The van der Waals surface area contributed by atoms with Crippen LogP contribution in [-0.2, 0) is 4.74 Å². The Morgan fingerprint density at radius 3 is 2.27 bits per heavy atom. The van der Waals surface area contributed by atoms with Gasteiger partial charge in [-0.2, -0.15) is 5.10 Å². The number of benzene rings is 3. The molecule has 2 amide bonds. The van der Waals surface area contributed by atoms with Crippen LogP contribution in [-0.4, -0.2) is 47.3 Å². The zero-order chi connectivity index (χ0) is 25.6. The molecule has 7 heteroatoms. The number of ether oxygens (including phenoxy) is 1. The van der Waals surface area contributed by atoms with E-state index in [2.05, 4.69) is 34.8 Å². The topological polar surface area (TPSA) is 83.9 Å². The monoisotopic (exact) mass is 492 g/mol. The zero-order valence-corrected chi connectivity index (χ0v) is 20.7. The maximum atomic E-state index is 13.3. The van der Waals surface area contributed by atoms with Crippen molar-refractivity contribution in [2.75, 3.05) is 19.7 Å². The lowest BCUT2D eigenvalue weighted by Gasteiger charge is -2.26. The first-order valence-corrected chi connectivity index (χ1v) is 12.5. The fraction of sp³-hybridized carbons (Fsp3) is 0.200. The van der Waals surface area contributed by atoms with Crippen LogP contribution >= 0.6 is 0 Å². The average molecular weight is 493 g/mol. The second-order valence-electron chi connectivity index (χ2n) is 8.82. The van der Waals surface area contributed by atoms with Crippen LogP contribution in [0.15, 0.2) is 90.0 Å². The summed E-state index contributed by atoms with van der Waals surface area (Å²) in [6.07, 6.45) is 0.878. The van der Waals surface area contributed by atoms with Gasteiger partial charge in [-0.05, 0) is 30.2 Å². The molecule has 7 nitrogen and oxygen atoms in total. The molecule has 0 unspecified atom stereocenters. The van der Waals surface area contributed by atoms with Crippen LogP contribution < -0.4 is 5.43 Å². The third kappa shape index (κ3) is 5.51. The predicted octanol–water partition coefficient (Wildman–Crippen LogP) is 5.91. The van der Waals surface area contributed by atoms with Gasteiger partial charge in [0.1, 0.15) is 0 Å². The Morgan fingerprint density at radius 2 is 1.54 bits per heavy atom. The summed E-state index contributed by atoms with van der Waals surface area (Å²) in [6, 6.07) is 27.8. The molecule has 37 heavy (non-hydrogen) atoms. The Labute approximate surface area is 215 Å². The summed E-state index contributed by atoms with van der Waals surface area (Å²) < 4.78 is 5.06. The second-order valence-corrected chi connectivity index (χ2v) is 8.82. The van der Waals surface area contributed by atoms with Crippen molar-refractivity contribution in [1.29, 1.82) is 0 Å². The number of rotatable bonds is 5. The van der Waals surface area contributed by atoms with Crippen molar-refractivity contribution in [1.82, 2.24) is 15.3 Å². The van der Waals surface area contributed by atoms with Crippen molar-refractivity contribution in [2.24, 2.45) is 5.10 Å². The largest absolute Gasteiger partial charge is 0.450 e. The lowest BCUT2D eigenvalue weighted by molar-refractivity contribution is 0.0953. The highest BCUT2D eigenvalue weighted by Gasteiger charge is 2.21. The number of piperidine rings is 1. The van der Waals surface area contributed by atoms with Crippen molar-refractivity contribution >= 4 is 28.6 Å². The Bertz CT molecular complexity index is 1440. The number of nitrogens with one attached hydrogen (secondary N) is 1. The Morgan fingerprint density at radius 1 is 0.892 bits per heavy atom. The van der Waals surface area contributed by atoms with E-state index >= 15 is 0 Å². The van der Waals surface area contributed by atoms with Gasteiger partial charge in [0.2, 0.25) is 0 Å². The van der Waals surface area contributed by atoms with Crippen LogP contribution in [0.3, 0.4) is 0 Å². The van der Waals surface area contributed by atoms with Gasteiger partial charge in [-0.1, -0.05) is 72.8 Å². The van der Waals surface area contributed by atoms with E-state index in [4.69, 9.17) is 9.72 Å². The smallest absolute Gasteiger partial charge is 0.409 e. The number of para-hydroxylation sites is 1. The summed E-state index contributed by atoms with van der Waals surface area (Å²) >= 11 is 0. The molecule has 0 bridgehead atoms. The minimum absolute atomic E-state index is 0.291. The van der Waals surface area contributed by atoms with Crippen molar-refractivity contribution in [3.05, 3.63) is 90.5 Å². The molecule has 1 saturated heterocycles. The molecule has 1 aliphatic heterocycles. The van der Waals surface area contributed by atoms with Gasteiger partial charge >= 0.3 is 6.09 Å². The first-order chi connectivity index (χ1) is 18.1. The molecule has 1 aliphatic rings.